The van der Waals surface area contributed by atoms with Gasteiger partial charge in [0.1, 0.15) is 0 Å². The lowest BCUT2D eigenvalue weighted by molar-refractivity contribution is 0.319. The molecule has 2 heteroatoms. The maximum Gasteiger partial charge on any atom is 0.0839 e. The van der Waals surface area contributed by atoms with Crippen molar-refractivity contribution in [2.24, 2.45) is 5.16 Å². The number of hydrogen-bond donors (Lipinski definition) is 1. The first-order chi connectivity index (χ1) is 5.65. The predicted molar refractivity (Wildman–Crippen MR) is 49.9 cm³/mol. The van der Waals surface area contributed by atoms with Crippen molar-refractivity contribution < 1.29 is 5.21 Å². The van der Waals surface area contributed by atoms with Gasteiger partial charge in [0, 0.05) is 5.56 Å². The van der Waals surface area contributed by atoms with Crippen LogP contribution < -0.4 is 0 Å². The number of rotatable bonds is 1. The van der Waals surface area contributed by atoms with Crippen molar-refractivity contribution in [3.63, 3.8) is 0 Å². The molecule has 0 atom stereocenters. The Balaban J connectivity index is 3.23. The van der Waals surface area contributed by atoms with Crippen LogP contribution in [0.1, 0.15) is 23.6 Å². The van der Waals surface area contributed by atoms with Crippen molar-refractivity contribution in [2.45, 2.75) is 20.8 Å². The van der Waals surface area contributed by atoms with Crippen molar-refractivity contribution in [1.82, 2.24) is 0 Å². The number of hydrogen-bond acceptors (Lipinski definition) is 2. The molecule has 1 rings (SSSR count). The summed E-state index contributed by atoms with van der Waals surface area (Å²) in [4.78, 5) is 0. The van der Waals surface area contributed by atoms with Crippen LogP contribution in [0, 0.1) is 13.8 Å². The molecule has 0 saturated carbocycles. The van der Waals surface area contributed by atoms with Crippen molar-refractivity contribution in [1.29, 1.82) is 0 Å². The molecule has 0 aromatic heterocycles. The molecule has 0 spiro atoms. The highest BCUT2D eigenvalue weighted by Gasteiger charge is 2.01. The van der Waals surface area contributed by atoms with E-state index in [2.05, 4.69) is 5.16 Å². The number of benzene rings is 1. The van der Waals surface area contributed by atoms with E-state index < -0.39 is 0 Å². The minimum absolute atomic E-state index is 0.663. The Kier molecular flexibility index (Phi) is 2.48. The summed E-state index contributed by atoms with van der Waals surface area (Å²) >= 11 is 0. The summed E-state index contributed by atoms with van der Waals surface area (Å²) in [6, 6.07) is 6.09. The highest BCUT2D eigenvalue weighted by atomic mass is 16.4. The van der Waals surface area contributed by atoms with E-state index in [1.54, 1.807) is 6.92 Å². The third kappa shape index (κ3) is 1.64. The zero-order chi connectivity index (χ0) is 9.14. The van der Waals surface area contributed by atoms with E-state index in [1.807, 2.05) is 32.0 Å². The van der Waals surface area contributed by atoms with E-state index >= 15 is 0 Å². The Bertz CT molecular complexity index is 316. The van der Waals surface area contributed by atoms with E-state index in [-0.39, 0.29) is 0 Å². The Morgan fingerprint density at radius 3 is 2.58 bits per heavy atom. The fourth-order valence-corrected chi connectivity index (χ4v) is 1.18. The molecule has 0 amide bonds. The smallest absolute Gasteiger partial charge is 0.0839 e. The van der Waals surface area contributed by atoms with Crippen LogP contribution in [0.2, 0.25) is 0 Å². The molecule has 0 aliphatic rings. The zero-order valence-corrected chi connectivity index (χ0v) is 7.63. The van der Waals surface area contributed by atoms with Crippen molar-refractivity contribution >= 4 is 5.71 Å². The van der Waals surface area contributed by atoms with Gasteiger partial charge in [0.2, 0.25) is 0 Å². The quantitative estimate of drug-likeness (QED) is 0.385. The van der Waals surface area contributed by atoms with E-state index in [0.717, 1.165) is 11.1 Å². The van der Waals surface area contributed by atoms with Crippen LogP contribution >= 0.6 is 0 Å². The monoisotopic (exact) mass is 163 g/mol. The maximum atomic E-state index is 8.59. The first kappa shape index (κ1) is 8.78. The largest absolute Gasteiger partial charge is 0.411 e. The Morgan fingerprint density at radius 2 is 2.00 bits per heavy atom. The molecule has 0 aliphatic heterocycles. The van der Waals surface area contributed by atoms with Crippen LogP contribution in [0.25, 0.3) is 0 Å². The second-order valence-electron chi connectivity index (χ2n) is 3.00. The molecule has 1 aromatic carbocycles. The lowest BCUT2D eigenvalue weighted by Gasteiger charge is -2.04. The van der Waals surface area contributed by atoms with Gasteiger partial charge in [-0.15, -0.1) is 0 Å². The van der Waals surface area contributed by atoms with Crippen molar-refractivity contribution in [2.75, 3.05) is 0 Å². The Morgan fingerprint density at radius 1 is 1.33 bits per heavy atom. The summed E-state index contributed by atoms with van der Waals surface area (Å²) in [5.74, 6) is 0. The molecule has 1 N–H and O–H groups in total. The second-order valence-corrected chi connectivity index (χ2v) is 3.00. The number of nitrogens with zero attached hydrogens (tertiary/aromatic N) is 1. The molecule has 0 unspecified atom stereocenters. The van der Waals surface area contributed by atoms with Gasteiger partial charge < -0.3 is 5.21 Å². The summed E-state index contributed by atoms with van der Waals surface area (Å²) in [6.45, 7) is 5.82. The first-order valence-electron chi connectivity index (χ1n) is 3.91. The minimum atomic E-state index is 0.663. The molecule has 0 bridgehead atoms. The van der Waals surface area contributed by atoms with Crippen LogP contribution in [-0.4, -0.2) is 10.9 Å². The van der Waals surface area contributed by atoms with Crippen LogP contribution in [0.5, 0.6) is 0 Å². The lowest BCUT2D eigenvalue weighted by Crippen LogP contribution is -1.98. The van der Waals surface area contributed by atoms with Gasteiger partial charge in [-0.2, -0.15) is 0 Å². The molecule has 1 aromatic rings. The maximum absolute atomic E-state index is 8.59. The molecule has 0 heterocycles. The number of aryl methyl sites for hydroxylation is 2. The molecule has 0 radical (unpaired) electrons. The fraction of sp³-hybridized carbons (Fsp3) is 0.300. The third-order valence-corrected chi connectivity index (χ3v) is 1.93. The molecule has 0 aliphatic carbocycles. The molecule has 2 nitrogen and oxygen atoms in total. The highest BCUT2D eigenvalue weighted by molar-refractivity contribution is 5.99. The Hall–Kier alpha value is -1.31. The summed E-state index contributed by atoms with van der Waals surface area (Å²) in [5, 5.41) is 11.8. The zero-order valence-electron chi connectivity index (χ0n) is 7.63. The van der Waals surface area contributed by atoms with Crippen LogP contribution in [0.3, 0.4) is 0 Å². The van der Waals surface area contributed by atoms with Crippen LogP contribution in [0.15, 0.2) is 23.4 Å². The van der Waals surface area contributed by atoms with E-state index in [1.165, 1.54) is 5.56 Å². The fourth-order valence-electron chi connectivity index (χ4n) is 1.18. The Labute approximate surface area is 72.5 Å². The van der Waals surface area contributed by atoms with Gasteiger partial charge in [-0.1, -0.05) is 22.9 Å². The minimum Gasteiger partial charge on any atom is -0.411 e. The van der Waals surface area contributed by atoms with Crippen molar-refractivity contribution in [3.05, 3.63) is 34.9 Å². The highest BCUT2D eigenvalue weighted by Crippen LogP contribution is 2.11. The molecular formula is C10H13NO. The van der Waals surface area contributed by atoms with Gasteiger partial charge in [0.05, 0.1) is 5.71 Å². The molecule has 64 valence electrons. The molecule has 0 saturated heterocycles. The SMILES string of the molecule is C/C(=N\O)c1cc(C)ccc1C. The van der Waals surface area contributed by atoms with Gasteiger partial charge in [-0.05, 0) is 32.4 Å². The van der Waals surface area contributed by atoms with Crippen molar-refractivity contribution in [3.8, 4) is 0 Å². The van der Waals surface area contributed by atoms with Gasteiger partial charge in [0.25, 0.3) is 0 Å². The van der Waals surface area contributed by atoms with E-state index in [4.69, 9.17) is 5.21 Å². The summed E-state index contributed by atoms with van der Waals surface area (Å²) in [5.41, 5.74) is 3.99. The van der Waals surface area contributed by atoms with Gasteiger partial charge in [0.15, 0.2) is 0 Å². The van der Waals surface area contributed by atoms with E-state index in [0.29, 0.717) is 5.71 Å². The molecular weight excluding hydrogens is 150 g/mol. The van der Waals surface area contributed by atoms with Gasteiger partial charge in [-0.25, -0.2) is 0 Å². The lowest BCUT2D eigenvalue weighted by atomic mass is 10.0. The summed E-state index contributed by atoms with van der Waals surface area (Å²) < 4.78 is 0. The molecule has 12 heavy (non-hydrogen) atoms. The number of oxime groups is 1. The average molecular weight is 163 g/mol. The summed E-state index contributed by atoms with van der Waals surface area (Å²) in [6.07, 6.45) is 0. The predicted octanol–water partition coefficient (Wildman–Crippen LogP) is 2.50. The normalized spacial score (nSPS) is 11.8. The topological polar surface area (TPSA) is 32.6 Å². The average Bonchev–Trinajstić information content (AvgIpc) is 2.08. The van der Waals surface area contributed by atoms with E-state index in [9.17, 15) is 0 Å². The standard InChI is InChI=1S/C10H13NO/c1-7-4-5-8(2)10(6-7)9(3)11-12/h4-6,12H,1-3H3/b11-9+. The summed E-state index contributed by atoms with van der Waals surface area (Å²) in [7, 11) is 0. The van der Waals surface area contributed by atoms with Crippen LogP contribution in [0.4, 0.5) is 0 Å². The van der Waals surface area contributed by atoms with Gasteiger partial charge in [-0.3, -0.25) is 0 Å². The first-order valence-corrected chi connectivity index (χ1v) is 3.91. The van der Waals surface area contributed by atoms with Crippen LogP contribution in [-0.2, 0) is 0 Å². The molecule has 0 fully saturated rings. The van der Waals surface area contributed by atoms with Gasteiger partial charge >= 0.3 is 0 Å². The second kappa shape index (κ2) is 3.39. The third-order valence-electron chi connectivity index (χ3n) is 1.93.